The number of hydrogen-bond acceptors (Lipinski definition) is 2. The fourth-order valence-electron chi connectivity index (χ4n) is 0.873. The van der Waals surface area contributed by atoms with Gasteiger partial charge < -0.3 is 5.73 Å². The van der Waals surface area contributed by atoms with Crippen LogP contribution in [0.5, 0.6) is 0 Å². The minimum absolute atomic E-state index is 0.0425. The monoisotopic (exact) mass is 180 g/mol. The largest absolute Gasteiger partial charge is 0.398 e. The highest BCUT2D eigenvalue weighted by Gasteiger charge is 2.01. The third kappa shape index (κ3) is 2.27. The number of hydrogen-bond donors (Lipinski definition) is 1. The number of benzene rings is 1. The van der Waals surface area contributed by atoms with E-state index in [1.165, 1.54) is 0 Å². The molecule has 1 aromatic rings. The molecule has 0 atom stereocenters. The second-order valence-corrected chi connectivity index (χ2v) is 2.39. The Morgan fingerprint density at radius 1 is 1.31 bits per heavy atom. The van der Waals surface area contributed by atoms with Gasteiger partial charge in [0.25, 0.3) is 0 Å². The van der Waals surface area contributed by atoms with Crippen LogP contribution in [0, 0.1) is 23.0 Å². The van der Waals surface area contributed by atoms with Crippen molar-refractivity contribution >= 4 is 5.70 Å². The smallest absolute Gasteiger partial charge is 0.126 e. The molecule has 0 amide bonds. The molecule has 0 bridgehead atoms. The lowest BCUT2D eigenvalue weighted by molar-refractivity contribution is 0.582. The zero-order valence-electron chi connectivity index (χ0n) is 6.59. The van der Waals surface area contributed by atoms with Gasteiger partial charge in [0, 0.05) is 23.4 Å². The van der Waals surface area contributed by atoms with E-state index in [9.17, 15) is 8.78 Å². The Hall–Kier alpha value is -1.89. The standard InChI is InChI=1S/C9H6F2N2/c10-7-3-6(4-8(11)5-7)9(13)1-2-12/h1,3-5H,13H2/b9-1-. The van der Waals surface area contributed by atoms with Crippen LogP contribution >= 0.6 is 0 Å². The van der Waals surface area contributed by atoms with Crippen LogP contribution in [-0.2, 0) is 0 Å². The topological polar surface area (TPSA) is 49.8 Å². The molecule has 2 nitrogen and oxygen atoms in total. The van der Waals surface area contributed by atoms with Crippen LogP contribution in [0.4, 0.5) is 8.78 Å². The molecule has 0 aromatic heterocycles. The number of rotatable bonds is 1. The van der Waals surface area contributed by atoms with Gasteiger partial charge in [0.1, 0.15) is 11.6 Å². The van der Waals surface area contributed by atoms with Gasteiger partial charge in [-0.3, -0.25) is 0 Å². The van der Waals surface area contributed by atoms with Gasteiger partial charge in [-0.15, -0.1) is 0 Å². The van der Waals surface area contributed by atoms with E-state index in [0.717, 1.165) is 24.3 Å². The first-order valence-electron chi connectivity index (χ1n) is 3.45. The summed E-state index contributed by atoms with van der Waals surface area (Å²) < 4.78 is 25.2. The van der Waals surface area contributed by atoms with Crippen LogP contribution in [0.3, 0.4) is 0 Å². The van der Waals surface area contributed by atoms with Gasteiger partial charge in [0.05, 0.1) is 6.07 Å². The summed E-state index contributed by atoms with van der Waals surface area (Å²) in [6.45, 7) is 0. The van der Waals surface area contributed by atoms with Gasteiger partial charge in [-0.05, 0) is 12.1 Å². The maximum absolute atomic E-state index is 12.6. The highest BCUT2D eigenvalue weighted by atomic mass is 19.1. The van der Waals surface area contributed by atoms with E-state index >= 15 is 0 Å². The molecular formula is C9H6F2N2. The molecule has 0 aliphatic rings. The van der Waals surface area contributed by atoms with Crippen molar-refractivity contribution in [2.75, 3.05) is 0 Å². The van der Waals surface area contributed by atoms with Crippen LogP contribution in [0.1, 0.15) is 5.56 Å². The first-order valence-corrected chi connectivity index (χ1v) is 3.45. The van der Waals surface area contributed by atoms with Gasteiger partial charge >= 0.3 is 0 Å². The van der Waals surface area contributed by atoms with Crippen molar-refractivity contribution in [2.24, 2.45) is 5.73 Å². The number of nitriles is 1. The summed E-state index contributed by atoms with van der Waals surface area (Å²) in [5.74, 6) is -1.44. The fourth-order valence-corrected chi connectivity index (χ4v) is 0.873. The Labute approximate surface area is 73.9 Å². The molecule has 0 aliphatic carbocycles. The molecule has 0 saturated carbocycles. The van der Waals surface area contributed by atoms with Crippen molar-refractivity contribution < 1.29 is 8.78 Å². The third-order valence-corrected chi connectivity index (χ3v) is 1.42. The average Bonchev–Trinajstić information content (AvgIpc) is 2.03. The van der Waals surface area contributed by atoms with Crippen molar-refractivity contribution in [2.45, 2.75) is 0 Å². The van der Waals surface area contributed by atoms with Crippen LogP contribution in [0.25, 0.3) is 5.70 Å². The summed E-state index contributed by atoms with van der Waals surface area (Å²) in [6.07, 6.45) is 1.02. The Bertz CT molecular complexity index is 371. The molecule has 0 aliphatic heterocycles. The summed E-state index contributed by atoms with van der Waals surface area (Å²) in [5.41, 5.74) is 5.56. The van der Waals surface area contributed by atoms with Crippen molar-refractivity contribution in [3.05, 3.63) is 41.5 Å². The van der Waals surface area contributed by atoms with Crippen LogP contribution in [0.2, 0.25) is 0 Å². The molecular weight excluding hydrogens is 174 g/mol. The molecule has 0 spiro atoms. The normalized spacial score (nSPS) is 11.0. The summed E-state index contributed by atoms with van der Waals surface area (Å²) in [6, 6.07) is 4.54. The number of allylic oxidation sites excluding steroid dienone is 1. The molecule has 2 N–H and O–H groups in total. The molecule has 0 heterocycles. The molecule has 4 heteroatoms. The average molecular weight is 180 g/mol. The third-order valence-electron chi connectivity index (χ3n) is 1.42. The maximum atomic E-state index is 12.6. The molecule has 0 radical (unpaired) electrons. The Kier molecular flexibility index (Phi) is 2.60. The maximum Gasteiger partial charge on any atom is 0.126 e. The Balaban J connectivity index is 3.17. The molecule has 1 aromatic carbocycles. The number of nitrogens with zero attached hydrogens (tertiary/aromatic N) is 1. The zero-order valence-corrected chi connectivity index (χ0v) is 6.59. The van der Waals surface area contributed by atoms with E-state index in [1.807, 2.05) is 0 Å². The van der Waals surface area contributed by atoms with E-state index in [1.54, 1.807) is 6.07 Å². The lowest BCUT2D eigenvalue weighted by atomic mass is 10.1. The van der Waals surface area contributed by atoms with E-state index in [2.05, 4.69) is 0 Å². The summed E-state index contributed by atoms with van der Waals surface area (Å²) in [4.78, 5) is 0. The van der Waals surface area contributed by atoms with Crippen LogP contribution < -0.4 is 5.73 Å². The molecule has 0 saturated heterocycles. The predicted octanol–water partition coefficient (Wildman–Crippen LogP) is 1.79. The SMILES string of the molecule is N#C/C=C(\N)c1cc(F)cc(F)c1. The summed E-state index contributed by atoms with van der Waals surface area (Å²) in [5, 5.41) is 8.24. The van der Waals surface area contributed by atoms with Gasteiger partial charge in [-0.2, -0.15) is 5.26 Å². The van der Waals surface area contributed by atoms with Gasteiger partial charge in [-0.1, -0.05) is 0 Å². The first kappa shape index (κ1) is 9.20. The van der Waals surface area contributed by atoms with E-state index < -0.39 is 11.6 Å². The molecule has 1 rings (SSSR count). The summed E-state index contributed by atoms with van der Waals surface area (Å²) >= 11 is 0. The molecule has 13 heavy (non-hydrogen) atoms. The van der Waals surface area contributed by atoms with E-state index in [0.29, 0.717) is 0 Å². The molecule has 66 valence electrons. The van der Waals surface area contributed by atoms with E-state index in [4.69, 9.17) is 11.0 Å². The highest BCUT2D eigenvalue weighted by Crippen LogP contribution is 2.12. The second-order valence-electron chi connectivity index (χ2n) is 2.39. The number of halogens is 2. The highest BCUT2D eigenvalue weighted by molar-refractivity contribution is 5.64. The molecule has 0 fully saturated rings. The molecule has 0 unspecified atom stereocenters. The minimum atomic E-state index is -0.718. The Morgan fingerprint density at radius 3 is 2.31 bits per heavy atom. The minimum Gasteiger partial charge on any atom is -0.398 e. The van der Waals surface area contributed by atoms with Gasteiger partial charge in [0.2, 0.25) is 0 Å². The lowest BCUT2D eigenvalue weighted by Gasteiger charge is -1.99. The van der Waals surface area contributed by atoms with Crippen molar-refractivity contribution in [3.8, 4) is 6.07 Å². The lowest BCUT2D eigenvalue weighted by Crippen LogP contribution is -1.97. The van der Waals surface area contributed by atoms with Crippen LogP contribution in [-0.4, -0.2) is 0 Å². The first-order chi connectivity index (χ1) is 6.13. The zero-order chi connectivity index (χ0) is 9.84. The van der Waals surface area contributed by atoms with Gasteiger partial charge in [-0.25, -0.2) is 8.78 Å². The van der Waals surface area contributed by atoms with Crippen molar-refractivity contribution in [3.63, 3.8) is 0 Å². The fraction of sp³-hybridized carbons (Fsp3) is 0. The number of nitrogens with two attached hydrogens (primary N) is 1. The second kappa shape index (κ2) is 3.68. The van der Waals surface area contributed by atoms with Crippen LogP contribution in [0.15, 0.2) is 24.3 Å². The quantitative estimate of drug-likeness (QED) is 0.670. The predicted molar refractivity (Wildman–Crippen MR) is 44.1 cm³/mol. The summed E-state index contributed by atoms with van der Waals surface area (Å²) in [7, 11) is 0. The van der Waals surface area contributed by atoms with Crippen molar-refractivity contribution in [1.29, 1.82) is 5.26 Å². The van der Waals surface area contributed by atoms with E-state index in [-0.39, 0.29) is 11.3 Å². The van der Waals surface area contributed by atoms with Gasteiger partial charge in [0.15, 0.2) is 0 Å². The van der Waals surface area contributed by atoms with Crippen molar-refractivity contribution in [1.82, 2.24) is 0 Å². The Morgan fingerprint density at radius 2 is 1.85 bits per heavy atom.